The Balaban J connectivity index is 2.27. The van der Waals surface area contributed by atoms with Crippen molar-refractivity contribution < 1.29 is 0 Å². The first-order chi connectivity index (χ1) is 9.63. The molecule has 0 saturated heterocycles. The van der Waals surface area contributed by atoms with E-state index in [-0.39, 0.29) is 6.04 Å². The lowest BCUT2D eigenvalue weighted by molar-refractivity contribution is 0.492. The number of nitrogens with one attached hydrogen (secondary N) is 1. The molecule has 0 fully saturated rings. The molecule has 5 heteroatoms. The number of hydrogen-bond donors (Lipinski definition) is 1. The summed E-state index contributed by atoms with van der Waals surface area (Å²) < 4.78 is 2.94. The van der Waals surface area contributed by atoms with E-state index in [1.54, 1.807) is 0 Å². The average molecular weight is 357 g/mol. The molecule has 1 N–H and O–H groups in total. The fourth-order valence-electron chi connectivity index (χ4n) is 2.28. The second-order valence-electron chi connectivity index (χ2n) is 4.80. The van der Waals surface area contributed by atoms with Gasteiger partial charge in [0.05, 0.1) is 22.4 Å². The molecule has 1 atom stereocenters. The molecular weight excluding hydrogens is 338 g/mol. The molecule has 0 amide bonds. The predicted molar refractivity (Wildman–Crippen MR) is 87.1 cm³/mol. The first-order valence-electron chi connectivity index (χ1n) is 6.77. The molecule has 0 bridgehead atoms. The third-order valence-electron chi connectivity index (χ3n) is 3.29. The smallest absolute Gasteiger partial charge is 0.0695 e. The van der Waals surface area contributed by atoms with E-state index in [9.17, 15) is 0 Å². The van der Waals surface area contributed by atoms with Gasteiger partial charge in [0.15, 0.2) is 0 Å². The largest absolute Gasteiger partial charge is 0.308 e. The fraction of sp³-hybridized carbons (Fsp3) is 0.400. The highest BCUT2D eigenvalue weighted by Gasteiger charge is 2.19. The van der Waals surface area contributed by atoms with Gasteiger partial charge in [0.2, 0.25) is 0 Å². The normalized spacial score (nSPS) is 12.6. The van der Waals surface area contributed by atoms with Crippen LogP contribution in [0.3, 0.4) is 0 Å². The molecule has 0 aliphatic rings. The van der Waals surface area contributed by atoms with Crippen LogP contribution in [0.1, 0.15) is 30.6 Å². The van der Waals surface area contributed by atoms with E-state index in [2.05, 4.69) is 39.3 Å². The lowest BCUT2D eigenvalue weighted by Crippen LogP contribution is -2.26. The van der Waals surface area contributed by atoms with Crippen LogP contribution in [0.4, 0.5) is 0 Å². The Morgan fingerprint density at radius 1 is 1.40 bits per heavy atom. The molecule has 1 heterocycles. The van der Waals surface area contributed by atoms with Crippen molar-refractivity contribution >= 4 is 27.5 Å². The van der Waals surface area contributed by atoms with E-state index >= 15 is 0 Å². The molecule has 0 aliphatic heterocycles. The van der Waals surface area contributed by atoms with E-state index in [0.717, 1.165) is 40.1 Å². The van der Waals surface area contributed by atoms with Crippen LogP contribution in [0.25, 0.3) is 0 Å². The Hall–Kier alpha value is -0.840. The third kappa shape index (κ3) is 3.62. The number of hydrogen-bond acceptors (Lipinski definition) is 2. The van der Waals surface area contributed by atoms with Crippen LogP contribution in [0.15, 0.2) is 34.9 Å². The number of rotatable bonds is 6. The molecule has 0 saturated carbocycles. The second-order valence-corrected chi connectivity index (χ2v) is 6.07. The van der Waals surface area contributed by atoms with Gasteiger partial charge in [-0.25, -0.2) is 0 Å². The second kappa shape index (κ2) is 7.25. The highest BCUT2D eigenvalue weighted by Crippen LogP contribution is 2.28. The molecule has 3 nitrogen and oxygen atoms in total. The summed E-state index contributed by atoms with van der Waals surface area (Å²) in [5.74, 6) is 0. The summed E-state index contributed by atoms with van der Waals surface area (Å²) in [5.41, 5.74) is 2.30. The number of aryl methyl sites for hydroxylation is 1. The highest BCUT2D eigenvalue weighted by molar-refractivity contribution is 9.10. The first kappa shape index (κ1) is 15.5. The van der Waals surface area contributed by atoms with Crippen LogP contribution in [0, 0.1) is 0 Å². The van der Waals surface area contributed by atoms with Gasteiger partial charge in [-0.15, -0.1) is 0 Å². The van der Waals surface area contributed by atoms with E-state index in [0.29, 0.717) is 0 Å². The van der Waals surface area contributed by atoms with Gasteiger partial charge in [-0.3, -0.25) is 4.68 Å². The minimum atomic E-state index is 0.191. The highest BCUT2D eigenvalue weighted by atomic mass is 79.9. The predicted octanol–water partition coefficient (Wildman–Crippen LogP) is 4.12. The van der Waals surface area contributed by atoms with E-state index in [1.165, 1.54) is 0 Å². The van der Waals surface area contributed by atoms with Crippen molar-refractivity contribution in [2.24, 2.45) is 7.05 Å². The van der Waals surface area contributed by atoms with Gasteiger partial charge in [0, 0.05) is 12.1 Å². The SMILES string of the molecule is CCCNC(Cc1ccccc1Cl)c1c(Br)cnn1C. The van der Waals surface area contributed by atoms with Gasteiger partial charge >= 0.3 is 0 Å². The standard InChI is InChI=1S/C15H19BrClN3/c1-3-8-18-14(15-12(16)10-19-20(15)2)9-11-6-4-5-7-13(11)17/h4-7,10,14,18H,3,8-9H2,1-2H3. The summed E-state index contributed by atoms with van der Waals surface area (Å²) in [5, 5.41) is 8.70. The number of nitrogens with zero attached hydrogens (tertiary/aromatic N) is 2. The molecule has 20 heavy (non-hydrogen) atoms. The fourth-order valence-corrected chi connectivity index (χ4v) is 3.12. The molecule has 1 aromatic heterocycles. The quantitative estimate of drug-likeness (QED) is 0.844. The van der Waals surface area contributed by atoms with Crippen LogP contribution in [-0.4, -0.2) is 16.3 Å². The van der Waals surface area contributed by atoms with E-state index in [4.69, 9.17) is 11.6 Å². The van der Waals surface area contributed by atoms with Crippen molar-refractivity contribution in [3.63, 3.8) is 0 Å². The van der Waals surface area contributed by atoms with Crippen LogP contribution in [0.5, 0.6) is 0 Å². The van der Waals surface area contributed by atoms with Crippen LogP contribution in [0.2, 0.25) is 5.02 Å². The van der Waals surface area contributed by atoms with Crippen molar-refractivity contribution in [1.29, 1.82) is 0 Å². The Kier molecular flexibility index (Phi) is 5.64. The van der Waals surface area contributed by atoms with Gasteiger partial charge in [0.25, 0.3) is 0 Å². The van der Waals surface area contributed by atoms with Crippen molar-refractivity contribution in [2.45, 2.75) is 25.8 Å². The monoisotopic (exact) mass is 355 g/mol. The molecule has 0 aliphatic carbocycles. The van der Waals surface area contributed by atoms with Crippen LogP contribution in [-0.2, 0) is 13.5 Å². The Morgan fingerprint density at radius 3 is 2.75 bits per heavy atom. The summed E-state index contributed by atoms with van der Waals surface area (Å²) >= 11 is 9.87. The van der Waals surface area contributed by atoms with Crippen LogP contribution < -0.4 is 5.32 Å². The van der Waals surface area contributed by atoms with Gasteiger partial charge in [-0.2, -0.15) is 5.10 Å². The van der Waals surface area contributed by atoms with Crippen molar-refractivity contribution in [1.82, 2.24) is 15.1 Å². The maximum absolute atomic E-state index is 6.28. The van der Waals surface area contributed by atoms with E-state index in [1.807, 2.05) is 36.1 Å². The lowest BCUT2D eigenvalue weighted by atomic mass is 10.0. The molecular formula is C15H19BrClN3. The third-order valence-corrected chi connectivity index (χ3v) is 4.27. The van der Waals surface area contributed by atoms with Gasteiger partial charge in [-0.05, 0) is 46.9 Å². The van der Waals surface area contributed by atoms with Crippen molar-refractivity contribution in [2.75, 3.05) is 6.54 Å². The van der Waals surface area contributed by atoms with Crippen molar-refractivity contribution in [3.8, 4) is 0 Å². The van der Waals surface area contributed by atoms with Crippen molar-refractivity contribution in [3.05, 3.63) is 51.2 Å². The topological polar surface area (TPSA) is 29.9 Å². The molecule has 2 aromatic rings. The summed E-state index contributed by atoms with van der Waals surface area (Å²) in [6.45, 7) is 3.13. The summed E-state index contributed by atoms with van der Waals surface area (Å²) in [4.78, 5) is 0. The maximum Gasteiger partial charge on any atom is 0.0695 e. The summed E-state index contributed by atoms with van der Waals surface area (Å²) in [7, 11) is 1.97. The molecule has 1 aromatic carbocycles. The molecule has 2 rings (SSSR count). The zero-order valence-corrected chi connectivity index (χ0v) is 14.1. The van der Waals surface area contributed by atoms with Gasteiger partial charge in [-0.1, -0.05) is 36.7 Å². The zero-order valence-electron chi connectivity index (χ0n) is 11.7. The Bertz CT molecular complexity index is 548. The number of benzene rings is 1. The Labute approximate surface area is 133 Å². The zero-order chi connectivity index (χ0) is 14.5. The molecule has 0 radical (unpaired) electrons. The minimum absolute atomic E-state index is 0.191. The van der Waals surface area contributed by atoms with Gasteiger partial charge in [0.1, 0.15) is 0 Å². The molecule has 108 valence electrons. The van der Waals surface area contributed by atoms with Crippen LogP contribution >= 0.6 is 27.5 Å². The van der Waals surface area contributed by atoms with Gasteiger partial charge < -0.3 is 5.32 Å². The number of halogens is 2. The number of aromatic nitrogens is 2. The first-order valence-corrected chi connectivity index (χ1v) is 7.94. The molecule has 1 unspecified atom stereocenters. The minimum Gasteiger partial charge on any atom is -0.308 e. The maximum atomic E-state index is 6.28. The average Bonchev–Trinajstić information content (AvgIpc) is 2.76. The Morgan fingerprint density at radius 2 is 2.15 bits per heavy atom. The summed E-state index contributed by atoms with van der Waals surface area (Å²) in [6.07, 6.45) is 3.77. The molecule has 0 spiro atoms. The van der Waals surface area contributed by atoms with E-state index < -0.39 is 0 Å². The lowest BCUT2D eigenvalue weighted by Gasteiger charge is -2.20. The summed E-state index contributed by atoms with van der Waals surface area (Å²) in [6, 6.07) is 8.19.